The van der Waals surface area contributed by atoms with E-state index in [9.17, 15) is 13.2 Å². The summed E-state index contributed by atoms with van der Waals surface area (Å²) in [5.41, 5.74) is 3.04. The van der Waals surface area contributed by atoms with E-state index in [2.05, 4.69) is 0 Å². The third-order valence-corrected chi connectivity index (χ3v) is 6.15. The van der Waals surface area contributed by atoms with Crippen molar-refractivity contribution in [3.63, 3.8) is 0 Å². The third-order valence-electron chi connectivity index (χ3n) is 4.42. The molecule has 0 fully saturated rings. The summed E-state index contributed by atoms with van der Waals surface area (Å²) >= 11 is 0. The fourth-order valence-electron chi connectivity index (χ4n) is 2.65. The zero-order chi connectivity index (χ0) is 19.3. The maximum Gasteiger partial charge on any atom is 0.228 e. The van der Waals surface area contributed by atoms with Gasteiger partial charge in [-0.15, -0.1) is 0 Å². The van der Waals surface area contributed by atoms with Crippen molar-refractivity contribution in [2.45, 2.75) is 32.1 Å². The van der Waals surface area contributed by atoms with E-state index in [0.717, 1.165) is 16.8 Å². The summed E-state index contributed by atoms with van der Waals surface area (Å²) in [6.07, 6.45) is -0.0604. The summed E-state index contributed by atoms with van der Waals surface area (Å²) in [6.45, 7) is 6.37. The summed E-state index contributed by atoms with van der Waals surface area (Å²) in [5.74, 6) is 0.166. The van der Waals surface area contributed by atoms with Crippen LogP contribution < -0.4 is 9.64 Å². The van der Waals surface area contributed by atoms with Gasteiger partial charge >= 0.3 is 0 Å². The number of rotatable bonds is 7. The molecule has 0 heterocycles. The highest BCUT2D eigenvalue weighted by Crippen LogP contribution is 2.21. The first kappa shape index (κ1) is 20.0. The van der Waals surface area contributed by atoms with E-state index >= 15 is 0 Å². The first-order chi connectivity index (χ1) is 12.3. The van der Waals surface area contributed by atoms with Crippen LogP contribution in [-0.2, 0) is 14.6 Å². The van der Waals surface area contributed by atoms with E-state index in [-0.39, 0.29) is 23.0 Å². The first-order valence-corrected chi connectivity index (χ1v) is 10.2. The number of anilines is 1. The van der Waals surface area contributed by atoms with Gasteiger partial charge in [0.15, 0.2) is 9.84 Å². The van der Waals surface area contributed by atoms with Crippen LogP contribution in [0.5, 0.6) is 5.75 Å². The maximum atomic E-state index is 12.6. The lowest BCUT2D eigenvalue weighted by molar-refractivity contribution is -0.118. The first-order valence-electron chi connectivity index (χ1n) is 8.53. The van der Waals surface area contributed by atoms with Crippen molar-refractivity contribution in [3.8, 4) is 5.75 Å². The van der Waals surface area contributed by atoms with Crippen molar-refractivity contribution in [2.24, 2.45) is 0 Å². The number of sulfone groups is 1. The van der Waals surface area contributed by atoms with Crippen molar-refractivity contribution in [1.29, 1.82) is 0 Å². The zero-order valence-electron chi connectivity index (χ0n) is 15.7. The second-order valence-electron chi connectivity index (χ2n) is 6.15. The Bertz CT molecular complexity index is 873. The zero-order valence-corrected chi connectivity index (χ0v) is 16.5. The Morgan fingerprint density at radius 1 is 1.04 bits per heavy atom. The SMILES string of the molecule is CCN(C(=O)CCS(=O)(=O)c1ccc(OC)cc1)c1ccc(C)c(C)c1. The van der Waals surface area contributed by atoms with E-state index in [1.165, 1.54) is 19.2 Å². The van der Waals surface area contributed by atoms with Crippen molar-refractivity contribution in [2.75, 3.05) is 24.3 Å². The van der Waals surface area contributed by atoms with Crippen LogP contribution in [0.15, 0.2) is 47.4 Å². The van der Waals surface area contributed by atoms with Crippen LogP contribution in [0.25, 0.3) is 0 Å². The predicted molar refractivity (Wildman–Crippen MR) is 104 cm³/mol. The van der Waals surface area contributed by atoms with Gasteiger partial charge in [-0.1, -0.05) is 6.07 Å². The second-order valence-corrected chi connectivity index (χ2v) is 8.26. The van der Waals surface area contributed by atoms with Crippen LogP contribution in [0.4, 0.5) is 5.69 Å². The Balaban J connectivity index is 2.10. The van der Waals surface area contributed by atoms with Crippen molar-refractivity contribution >= 4 is 21.4 Å². The van der Waals surface area contributed by atoms with Crippen LogP contribution >= 0.6 is 0 Å². The minimum absolute atomic E-state index is 0.0604. The molecule has 1 amide bonds. The van der Waals surface area contributed by atoms with Gasteiger partial charge in [0.25, 0.3) is 0 Å². The molecule has 0 saturated carbocycles. The minimum Gasteiger partial charge on any atom is -0.497 e. The molecule has 26 heavy (non-hydrogen) atoms. The van der Waals surface area contributed by atoms with Crippen LogP contribution in [0.1, 0.15) is 24.5 Å². The van der Waals surface area contributed by atoms with E-state index in [1.807, 2.05) is 39.0 Å². The molecule has 0 aliphatic carbocycles. The quantitative estimate of drug-likeness (QED) is 0.743. The van der Waals surface area contributed by atoms with Gasteiger partial charge in [-0.3, -0.25) is 4.79 Å². The molecule has 0 aromatic heterocycles. The lowest BCUT2D eigenvalue weighted by Gasteiger charge is -2.22. The Labute approximate surface area is 155 Å². The number of amides is 1. The van der Waals surface area contributed by atoms with Gasteiger partial charge in [0, 0.05) is 18.7 Å². The summed E-state index contributed by atoms with van der Waals surface area (Å²) in [6, 6.07) is 12.0. The Kier molecular flexibility index (Phi) is 6.42. The van der Waals surface area contributed by atoms with Gasteiger partial charge < -0.3 is 9.64 Å². The molecule has 2 aromatic carbocycles. The molecule has 5 nitrogen and oxygen atoms in total. The Morgan fingerprint density at radius 3 is 2.23 bits per heavy atom. The fraction of sp³-hybridized carbons (Fsp3) is 0.350. The van der Waals surface area contributed by atoms with E-state index in [0.29, 0.717) is 12.3 Å². The molecule has 2 aromatic rings. The normalized spacial score (nSPS) is 11.2. The Morgan fingerprint density at radius 2 is 1.69 bits per heavy atom. The predicted octanol–water partition coefficient (Wildman–Crippen LogP) is 3.53. The molecule has 0 atom stereocenters. The summed E-state index contributed by atoms with van der Waals surface area (Å²) in [7, 11) is -2.00. The van der Waals surface area contributed by atoms with Crippen LogP contribution in [0, 0.1) is 13.8 Å². The molecule has 0 radical (unpaired) electrons. The van der Waals surface area contributed by atoms with Crippen molar-refractivity contribution in [3.05, 3.63) is 53.6 Å². The fourth-order valence-corrected chi connectivity index (χ4v) is 3.88. The molecule has 0 N–H and O–H groups in total. The van der Waals surface area contributed by atoms with E-state index in [4.69, 9.17) is 4.74 Å². The van der Waals surface area contributed by atoms with Gasteiger partial charge in [0.1, 0.15) is 5.75 Å². The smallest absolute Gasteiger partial charge is 0.228 e. The summed E-state index contributed by atoms with van der Waals surface area (Å²) < 4.78 is 30.0. The number of carbonyl (C=O) groups excluding carboxylic acids is 1. The molecule has 2 rings (SSSR count). The summed E-state index contributed by atoms with van der Waals surface area (Å²) in [5, 5.41) is 0. The number of benzene rings is 2. The Hall–Kier alpha value is -2.34. The maximum absolute atomic E-state index is 12.6. The van der Waals surface area contributed by atoms with Gasteiger partial charge in [-0.25, -0.2) is 8.42 Å². The third kappa shape index (κ3) is 4.64. The molecule has 0 saturated heterocycles. The van der Waals surface area contributed by atoms with Gasteiger partial charge in [0.2, 0.25) is 5.91 Å². The van der Waals surface area contributed by atoms with E-state index < -0.39 is 9.84 Å². The van der Waals surface area contributed by atoms with Crippen molar-refractivity contribution in [1.82, 2.24) is 0 Å². The molecular formula is C20H25NO4S. The molecular weight excluding hydrogens is 350 g/mol. The van der Waals surface area contributed by atoms with Crippen LogP contribution in [-0.4, -0.2) is 33.7 Å². The second kappa shape index (κ2) is 8.36. The molecule has 0 aliphatic rings. The highest BCUT2D eigenvalue weighted by Gasteiger charge is 2.20. The van der Waals surface area contributed by atoms with Crippen LogP contribution in [0.2, 0.25) is 0 Å². The highest BCUT2D eigenvalue weighted by molar-refractivity contribution is 7.91. The largest absolute Gasteiger partial charge is 0.497 e. The lowest BCUT2D eigenvalue weighted by Crippen LogP contribution is -2.32. The monoisotopic (exact) mass is 375 g/mol. The lowest BCUT2D eigenvalue weighted by atomic mass is 10.1. The average molecular weight is 375 g/mol. The highest BCUT2D eigenvalue weighted by atomic mass is 32.2. The molecule has 140 valence electrons. The molecule has 0 bridgehead atoms. The minimum atomic E-state index is -3.52. The topological polar surface area (TPSA) is 63.7 Å². The van der Waals surface area contributed by atoms with Gasteiger partial charge in [-0.05, 0) is 68.3 Å². The number of methoxy groups -OCH3 is 1. The average Bonchev–Trinajstić information content (AvgIpc) is 2.63. The molecule has 6 heteroatoms. The molecule has 0 unspecified atom stereocenters. The van der Waals surface area contributed by atoms with Crippen LogP contribution in [0.3, 0.4) is 0 Å². The number of carbonyl (C=O) groups is 1. The number of hydrogen-bond acceptors (Lipinski definition) is 4. The summed E-state index contributed by atoms with van der Waals surface area (Å²) in [4.78, 5) is 14.4. The number of aryl methyl sites for hydroxylation is 2. The number of hydrogen-bond donors (Lipinski definition) is 0. The number of ether oxygens (including phenoxy) is 1. The van der Waals surface area contributed by atoms with Gasteiger partial charge in [0.05, 0.1) is 17.8 Å². The van der Waals surface area contributed by atoms with E-state index in [1.54, 1.807) is 17.0 Å². The van der Waals surface area contributed by atoms with Gasteiger partial charge in [-0.2, -0.15) is 0 Å². The molecule has 0 aliphatic heterocycles. The number of nitrogens with zero attached hydrogens (tertiary/aromatic N) is 1. The van der Waals surface area contributed by atoms with Crippen molar-refractivity contribution < 1.29 is 17.9 Å². The molecule has 0 spiro atoms. The standard InChI is InChI=1S/C20H25NO4S/c1-5-21(17-7-6-15(2)16(3)14-17)20(22)12-13-26(23,24)19-10-8-18(25-4)9-11-19/h6-11,14H,5,12-13H2,1-4H3.